The van der Waals surface area contributed by atoms with Gasteiger partial charge in [-0.2, -0.15) is 0 Å². The Hall–Kier alpha value is -2.01. The number of carboxylic acids is 1. The summed E-state index contributed by atoms with van der Waals surface area (Å²) in [5.41, 5.74) is 0.477. The first-order chi connectivity index (χ1) is 11.8. The summed E-state index contributed by atoms with van der Waals surface area (Å²) in [4.78, 5) is 24.7. The fraction of sp³-hybridized carbons (Fsp3) is 0.111. The highest BCUT2D eigenvalue weighted by Gasteiger charge is 2.23. The number of benzene rings is 2. The molecule has 0 saturated carbocycles. The number of fused-ring (bicyclic) bond motifs is 1. The van der Waals surface area contributed by atoms with Crippen molar-refractivity contribution in [2.45, 2.75) is 13.5 Å². The van der Waals surface area contributed by atoms with Crippen LogP contribution < -0.4 is 5.43 Å². The fourth-order valence-electron chi connectivity index (χ4n) is 2.89. The van der Waals surface area contributed by atoms with Gasteiger partial charge >= 0.3 is 5.97 Å². The molecule has 0 bridgehead atoms. The lowest BCUT2D eigenvalue weighted by atomic mass is 10.0. The van der Waals surface area contributed by atoms with Crippen LogP contribution in [0.15, 0.2) is 41.2 Å². The van der Waals surface area contributed by atoms with Gasteiger partial charge in [0.25, 0.3) is 0 Å². The van der Waals surface area contributed by atoms with E-state index in [1.54, 1.807) is 34.9 Å². The van der Waals surface area contributed by atoms with Crippen LogP contribution in [0.1, 0.15) is 17.3 Å². The van der Waals surface area contributed by atoms with E-state index in [9.17, 15) is 14.7 Å². The van der Waals surface area contributed by atoms with E-state index >= 15 is 0 Å². The molecule has 0 fully saturated rings. The Labute approximate surface area is 158 Å². The van der Waals surface area contributed by atoms with Gasteiger partial charge in [0.2, 0.25) is 5.43 Å². The normalized spacial score (nSPS) is 11.0. The number of halogens is 3. The maximum Gasteiger partial charge on any atom is 0.341 e. The van der Waals surface area contributed by atoms with E-state index in [1.165, 1.54) is 6.07 Å². The van der Waals surface area contributed by atoms with Gasteiger partial charge < -0.3 is 9.67 Å². The Morgan fingerprint density at radius 1 is 1.08 bits per heavy atom. The largest absolute Gasteiger partial charge is 0.477 e. The molecule has 1 aromatic heterocycles. The topological polar surface area (TPSA) is 59.3 Å². The molecule has 0 spiro atoms. The zero-order chi connectivity index (χ0) is 18.3. The summed E-state index contributed by atoms with van der Waals surface area (Å²) in [7, 11) is 0. The Morgan fingerprint density at radius 2 is 1.80 bits per heavy atom. The van der Waals surface area contributed by atoms with Gasteiger partial charge in [-0.25, -0.2) is 4.79 Å². The number of aromatic nitrogens is 1. The Morgan fingerprint density at radius 3 is 2.40 bits per heavy atom. The van der Waals surface area contributed by atoms with Gasteiger partial charge in [-0.3, -0.25) is 4.79 Å². The molecule has 25 heavy (non-hydrogen) atoms. The SMILES string of the molecule is CCn1c(-c2ccc(Cl)c(Cl)c2)c(C(=O)O)c(=O)c2cc(Cl)ccc21. The summed E-state index contributed by atoms with van der Waals surface area (Å²) in [6, 6.07) is 9.62. The minimum atomic E-state index is -1.31. The molecule has 0 atom stereocenters. The van der Waals surface area contributed by atoms with Crippen LogP contribution in [0.5, 0.6) is 0 Å². The minimum Gasteiger partial charge on any atom is -0.477 e. The number of aromatic carboxylic acids is 1. The first-order valence-corrected chi connectivity index (χ1v) is 8.53. The quantitative estimate of drug-likeness (QED) is 0.649. The van der Waals surface area contributed by atoms with Crippen molar-refractivity contribution in [3.05, 3.63) is 67.3 Å². The molecule has 0 aliphatic rings. The molecule has 3 aromatic rings. The molecule has 0 amide bonds. The zero-order valence-corrected chi connectivity index (χ0v) is 15.3. The summed E-state index contributed by atoms with van der Waals surface area (Å²) in [6.45, 7) is 2.32. The van der Waals surface area contributed by atoms with Crippen LogP contribution in [0, 0.1) is 0 Å². The van der Waals surface area contributed by atoms with Crippen molar-refractivity contribution in [3.8, 4) is 11.3 Å². The second kappa shape index (κ2) is 6.71. The van der Waals surface area contributed by atoms with Crippen LogP contribution in [-0.2, 0) is 6.54 Å². The van der Waals surface area contributed by atoms with Gasteiger partial charge in [-0.1, -0.05) is 40.9 Å². The van der Waals surface area contributed by atoms with E-state index in [-0.39, 0.29) is 21.7 Å². The highest BCUT2D eigenvalue weighted by Crippen LogP contribution is 2.32. The Kier molecular flexibility index (Phi) is 4.78. The number of aryl methyl sites for hydroxylation is 1. The van der Waals surface area contributed by atoms with Gasteiger partial charge in [0.15, 0.2) is 0 Å². The molecule has 0 unspecified atom stereocenters. The monoisotopic (exact) mass is 395 g/mol. The highest BCUT2D eigenvalue weighted by molar-refractivity contribution is 6.42. The molecular formula is C18H12Cl3NO3. The second-order valence-corrected chi connectivity index (χ2v) is 6.64. The van der Waals surface area contributed by atoms with Gasteiger partial charge in [0.1, 0.15) is 5.56 Å². The standard InChI is InChI=1S/C18H12Cl3NO3/c1-2-22-14-6-4-10(19)8-11(14)17(23)15(18(24)25)16(22)9-3-5-12(20)13(21)7-9/h3-8H,2H2,1H3,(H,24,25). The first kappa shape index (κ1) is 17.8. The van der Waals surface area contributed by atoms with Crippen molar-refractivity contribution in [2.24, 2.45) is 0 Å². The number of hydrogen-bond donors (Lipinski definition) is 1. The van der Waals surface area contributed by atoms with Crippen LogP contribution >= 0.6 is 34.8 Å². The molecule has 3 rings (SSSR count). The fourth-order valence-corrected chi connectivity index (χ4v) is 3.36. The average molecular weight is 397 g/mol. The summed E-state index contributed by atoms with van der Waals surface area (Å²) in [6.07, 6.45) is 0. The van der Waals surface area contributed by atoms with E-state index < -0.39 is 11.4 Å². The van der Waals surface area contributed by atoms with Crippen molar-refractivity contribution < 1.29 is 9.90 Å². The molecule has 7 heteroatoms. The smallest absolute Gasteiger partial charge is 0.341 e. The Bertz CT molecular complexity index is 1070. The predicted octanol–water partition coefficient (Wildman–Crippen LogP) is 5.35. The molecule has 0 aliphatic heterocycles. The number of nitrogens with zero attached hydrogens (tertiary/aromatic N) is 1. The lowest BCUT2D eigenvalue weighted by Crippen LogP contribution is -2.22. The van der Waals surface area contributed by atoms with Gasteiger partial charge in [0.05, 0.1) is 21.3 Å². The van der Waals surface area contributed by atoms with E-state index in [1.807, 2.05) is 6.92 Å². The first-order valence-electron chi connectivity index (χ1n) is 7.40. The third-order valence-corrected chi connectivity index (χ3v) is 4.93. The van der Waals surface area contributed by atoms with Crippen LogP contribution in [0.25, 0.3) is 22.2 Å². The minimum absolute atomic E-state index is 0.260. The molecule has 0 aliphatic carbocycles. The maximum atomic E-state index is 12.8. The van der Waals surface area contributed by atoms with Gasteiger partial charge in [-0.15, -0.1) is 0 Å². The van der Waals surface area contributed by atoms with Crippen molar-refractivity contribution in [1.29, 1.82) is 0 Å². The predicted molar refractivity (Wildman–Crippen MR) is 101 cm³/mol. The van der Waals surface area contributed by atoms with Crippen molar-refractivity contribution in [3.63, 3.8) is 0 Å². The Balaban J connectivity index is 2.54. The third-order valence-electron chi connectivity index (χ3n) is 3.95. The summed E-state index contributed by atoms with van der Waals surface area (Å²) in [5, 5.41) is 10.9. The summed E-state index contributed by atoms with van der Waals surface area (Å²) < 4.78 is 1.76. The summed E-state index contributed by atoms with van der Waals surface area (Å²) >= 11 is 18.0. The number of carboxylic acid groups (broad SMARTS) is 1. The second-order valence-electron chi connectivity index (χ2n) is 5.39. The number of rotatable bonds is 3. The molecule has 1 heterocycles. The van der Waals surface area contributed by atoms with Gasteiger partial charge in [0, 0.05) is 22.5 Å². The molecule has 128 valence electrons. The molecule has 1 N–H and O–H groups in total. The maximum absolute atomic E-state index is 12.8. The highest BCUT2D eigenvalue weighted by atomic mass is 35.5. The number of hydrogen-bond acceptors (Lipinski definition) is 2. The van der Waals surface area contributed by atoms with Crippen LogP contribution in [0.2, 0.25) is 15.1 Å². The zero-order valence-electron chi connectivity index (χ0n) is 13.0. The lowest BCUT2D eigenvalue weighted by molar-refractivity contribution is 0.0696. The molecule has 4 nitrogen and oxygen atoms in total. The van der Waals surface area contributed by atoms with E-state index in [4.69, 9.17) is 34.8 Å². The van der Waals surface area contributed by atoms with Crippen LogP contribution in [0.4, 0.5) is 0 Å². The molecule has 0 saturated heterocycles. The molecule has 2 aromatic carbocycles. The van der Waals surface area contributed by atoms with E-state index in [2.05, 4.69) is 0 Å². The lowest BCUT2D eigenvalue weighted by Gasteiger charge is -2.18. The van der Waals surface area contributed by atoms with Crippen molar-refractivity contribution in [2.75, 3.05) is 0 Å². The average Bonchev–Trinajstić information content (AvgIpc) is 2.57. The van der Waals surface area contributed by atoms with Crippen LogP contribution in [-0.4, -0.2) is 15.6 Å². The van der Waals surface area contributed by atoms with Gasteiger partial charge in [-0.05, 0) is 37.3 Å². The number of pyridine rings is 1. The van der Waals surface area contributed by atoms with E-state index in [0.717, 1.165) is 0 Å². The molecular weight excluding hydrogens is 385 g/mol. The summed E-state index contributed by atoms with van der Waals surface area (Å²) in [5.74, 6) is -1.31. The van der Waals surface area contributed by atoms with Crippen molar-refractivity contribution in [1.82, 2.24) is 4.57 Å². The van der Waals surface area contributed by atoms with Crippen molar-refractivity contribution >= 4 is 51.7 Å². The van der Waals surface area contributed by atoms with E-state index in [0.29, 0.717) is 27.7 Å². The van der Waals surface area contributed by atoms with Crippen LogP contribution in [0.3, 0.4) is 0 Å². The molecule has 0 radical (unpaired) electrons. The number of carbonyl (C=O) groups is 1. The third kappa shape index (κ3) is 3.01.